The van der Waals surface area contributed by atoms with Crippen molar-refractivity contribution in [3.8, 4) is 0 Å². The molecule has 3 nitrogen and oxygen atoms in total. The number of fused-ring (bicyclic) bond motifs is 1. The molecule has 2 N–H and O–H groups in total. The second-order valence-corrected chi connectivity index (χ2v) is 4.93. The maximum absolute atomic E-state index is 13.8. The van der Waals surface area contributed by atoms with Gasteiger partial charge in [0.15, 0.2) is 0 Å². The van der Waals surface area contributed by atoms with E-state index in [9.17, 15) is 8.78 Å². The largest absolute Gasteiger partial charge is 0.330 e. The van der Waals surface area contributed by atoms with Gasteiger partial charge in [0.25, 0.3) is 0 Å². The predicted octanol–water partition coefficient (Wildman–Crippen LogP) is 2.86. The molecule has 2 aromatic heterocycles. The smallest absolute Gasteiger partial charge is 0.140 e. The van der Waals surface area contributed by atoms with Crippen molar-refractivity contribution < 1.29 is 8.78 Å². The van der Waals surface area contributed by atoms with E-state index in [4.69, 9.17) is 5.73 Å². The van der Waals surface area contributed by atoms with Gasteiger partial charge in [-0.3, -0.25) is 0 Å². The Kier molecular flexibility index (Phi) is 3.66. The highest BCUT2D eigenvalue weighted by Gasteiger charge is 2.11. The summed E-state index contributed by atoms with van der Waals surface area (Å²) in [6, 6.07) is 7.46. The number of hydrogen-bond donors (Lipinski definition) is 1. The van der Waals surface area contributed by atoms with Gasteiger partial charge < -0.3 is 10.3 Å². The predicted molar refractivity (Wildman–Crippen MR) is 78.0 cm³/mol. The summed E-state index contributed by atoms with van der Waals surface area (Å²) in [6.45, 7) is 0.850. The summed E-state index contributed by atoms with van der Waals surface area (Å²) in [5.41, 5.74) is 7.92. The molecule has 5 heteroatoms. The highest BCUT2D eigenvalue weighted by atomic mass is 19.1. The van der Waals surface area contributed by atoms with Gasteiger partial charge in [-0.2, -0.15) is 0 Å². The molecule has 0 spiro atoms. The van der Waals surface area contributed by atoms with Crippen molar-refractivity contribution >= 4 is 11.0 Å². The Bertz CT molecular complexity index is 780. The summed E-state index contributed by atoms with van der Waals surface area (Å²) in [5.74, 6) is -1.12. The van der Waals surface area contributed by atoms with Gasteiger partial charge in [-0.1, -0.05) is 6.07 Å². The topological polar surface area (TPSA) is 43.8 Å². The first-order valence-electron chi connectivity index (χ1n) is 6.76. The molecule has 0 fully saturated rings. The molecule has 0 atom stereocenters. The fourth-order valence-corrected chi connectivity index (χ4v) is 2.50. The zero-order valence-corrected chi connectivity index (χ0v) is 11.4. The molecule has 0 aliphatic rings. The van der Waals surface area contributed by atoms with Gasteiger partial charge in [0.05, 0.1) is 6.54 Å². The lowest BCUT2D eigenvalue weighted by Gasteiger charge is -2.06. The number of benzene rings is 1. The molecule has 0 saturated carbocycles. The fraction of sp³-hybridized carbons (Fsp3) is 0.188. The first-order chi connectivity index (χ1) is 10.2. The lowest BCUT2D eigenvalue weighted by Crippen LogP contribution is -2.03. The SMILES string of the molecule is NCCc1cn(Cc2ccc(F)cc2F)c2ncccc12. The minimum Gasteiger partial charge on any atom is -0.330 e. The monoisotopic (exact) mass is 287 g/mol. The van der Waals surface area contributed by atoms with Crippen LogP contribution in [0.4, 0.5) is 8.78 Å². The number of nitrogens with two attached hydrogens (primary N) is 1. The first-order valence-corrected chi connectivity index (χ1v) is 6.76. The highest BCUT2D eigenvalue weighted by Crippen LogP contribution is 2.21. The Morgan fingerprint density at radius 3 is 2.76 bits per heavy atom. The van der Waals surface area contributed by atoms with Crippen LogP contribution in [0.2, 0.25) is 0 Å². The van der Waals surface area contributed by atoms with E-state index in [1.54, 1.807) is 6.20 Å². The van der Waals surface area contributed by atoms with Crippen LogP contribution in [0, 0.1) is 11.6 Å². The van der Waals surface area contributed by atoms with Crippen molar-refractivity contribution in [1.82, 2.24) is 9.55 Å². The number of halogens is 2. The van der Waals surface area contributed by atoms with Crippen LogP contribution >= 0.6 is 0 Å². The first kappa shape index (κ1) is 13.7. The van der Waals surface area contributed by atoms with Gasteiger partial charge >= 0.3 is 0 Å². The lowest BCUT2D eigenvalue weighted by molar-refractivity contribution is 0.567. The minimum absolute atomic E-state index is 0.310. The molecule has 21 heavy (non-hydrogen) atoms. The van der Waals surface area contributed by atoms with Gasteiger partial charge in [-0.05, 0) is 36.7 Å². The average molecular weight is 287 g/mol. The third kappa shape index (κ3) is 2.64. The van der Waals surface area contributed by atoms with Crippen molar-refractivity contribution in [2.75, 3.05) is 6.54 Å². The van der Waals surface area contributed by atoms with Crippen LogP contribution in [-0.4, -0.2) is 16.1 Å². The van der Waals surface area contributed by atoms with E-state index >= 15 is 0 Å². The summed E-state index contributed by atoms with van der Waals surface area (Å²) < 4.78 is 28.6. The molecular formula is C16H15F2N3. The number of nitrogens with zero attached hydrogens (tertiary/aromatic N) is 2. The summed E-state index contributed by atoms with van der Waals surface area (Å²) >= 11 is 0. The molecule has 3 aromatic rings. The third-order valence-corrected chi connectivity index (χ3v) is 3.49. The fourth-order valence-electron chi connectivity index (χ4n) is 2.50. The van der Waals surface area contributed by atoms with E-state index in [1.807, 2.05) is 22.9 Å². The zero-order chi connectivity index (χ0) is 14.8. The van der Waals surface area contributed by atoms with Crippen LogP contribution in [0.5, 0.6) is 0 Å². The zero-order valence-electron chi connectivity index (χ0n) is 11.4. The van der Waals surface area contributed by atoms with Gasteiger partial charge in [-0.15, -0.1) is 0 Å². The molecule has 0 unspecified atom stereocenters. The van der Waals surface area contributed by atoms with Crippen LogP contribution in [0.25, 0.3) is 11.0 Å². The standard InChI is InChI=1S/C16H15F2N3/c17-13-4-3-12(15(18)8-13)10-21-9-11(5-6-19)14-2-1-7-20-16(14)21/h1-4,7-9H,5-6,10,19H2. The van der Waals surface area contributed by atoms with Crippen LogP contribution in [0.1, 0.15) is 11.1 Å². The Morgan fingerprint density at radius 1 is 1.14 bits per heavy atom. The van der Waals surface area contributed by atoms with Gasteiger partial charge in [0.1, 0.15) is 17.3 Å². The molecule has 0 saturated heterocycles. The lowest BCUT2D eigenvalue weighted by atomic mass is 10.2. The van der Waals surface area contributed by atoms with E-state index in [-0.39, 0.29) is 0 Å². The van der Waals surface area contributed by atoms with Crippen molar-refractivity contribution in [3.63, 3.8) is 0 Å². The van der Waals surface area contributed by atoms with Crippen molar-refractivity contribution in [2.45, 2.75) is 13.0 Å². The molecule has 108 valence electrons. The number of hydrogen-bond acceptors (Lipinski definition) is 2. The summed E-state index contributed by atoms with van der Waals surface area (Å²) in [7, 11) is 0. The van der Waals surface area contributed by atoms with Crippen molar-refractivity contribution in [1.29, 1.82) is 0 Å². The second-order valence-electron chi connectivity index (χ2n) is 4.93. The Morgan fingerprint density at radius 2 is 2.00 bits per heavy atom. The Hall–Kier alpha value is -2.27. The molecule has 0 bridgehead atoms. The van der Waals surface area contributed by atoms with E-state index in [0.29, 0.717) is 18.7 Å². The molecule has 0 radical (unpaired) electrons. The molecule has 3 rings (SSSR count). The quantitative estimate of drug-likeness (QED) is 0.802. The molecule has 0 aliphatic heterocycles. The minimum atomic E-state index is -0.574. The Labute approximate surface area is 121 Å². The van der Waals surface area contributed by atoms with Crippen LogP contribution in [-0.2, 0) is 13.0 Å². The summed E-state index contributed by atoms with van der Waals surface area (Å²) in [4.78, 5) is 4.35. The summed E-state index contributed by atoms with van der Waals surface area (Å²) in [6.07, 6.45) is 4.38. The Balaban J connectivity index is 2.04. The van der Waals surface area contributed by atoms with Crippen molar-refractivity contribution in [2.24, 2.45) is 5.73 Å². The van der Waals surface area contributed by atoms with Crippen LogP contribution in [0.15, 0.2) is 42.7 Å². The van der Waals surface area contributed by atoms with E-state index in [0.717, 1.165) is 29.1 Å². The van der Waals surface area contributed by atoms with Gasteiger partial charge in [0, 0.05) is 29.4 Å². The molecular weight excluding hydrogens is 272 g/mol. The molecule has 0 aliphatic carbocycles. The third-order valence-electron chi connectivity index (χ3n) is 3.49. The number of rotatable bonds is 4. The maximum atomic E-state index is 13.8. The van der Waals surface area contributed by atoms with Crippen molar-refractivity contribution in [3.05, 3.63) is 65.5 Å². The number of aromatic nitrogens is 2. The van der Waals surface area contributed by atoms with Crippen LogP contribution < -0.4 is 5.73 Å². The van der Waals surface area contributed by atoms with E-state index in [1.165, 1.54) is 12.1 Å². The van der Waals surface area contributed by atoms with E-state index < -0.39 is 11.6 Å². The normalized spacial score (nSPS) is 11.2. The number of pyridine rings is 1. The van der Waals surface area contributed by atoms with E-state index in [2.05, 4.69) is 4.98 Å². The highest BCUT2D eigenvalue weighted by molar-refractivity contribution is 5.80. The summed E-state index contributed by atoms with van der Waals surface area (Å²) in [5, 5.41) is 1.02. The molecule has 0 amide bonds. The van der Waals surface area contributed by atoms with Crippen LogP contribution in [0.3, 0.4) is 0 Å². The molecule has 1 aromatic carbocycles. The average Bonchev–Trinajstić information content (AvgIpc) is 2.81. The van der Waals surface area contributed by atoms with Gasteiger partial charge in [-0.25, -0.2) is 13.8 Å². The molecule has 2 heterocycles. The maximum Gasteiger partial charge on any atom is 0.140 e. The van der Waals surface area contributed by atoms with Gasteiger partial charge in [0.2, 0.25) is 0 Å². The second kappa shape index (κ2) is 5.61.